The van der Waals surface area contributed by atoms with Crippen molar-refractivity contribution in [3.63, 3.8) is 0 Å². The van der Waals surface area contributed by atoms with Gasteiger partial charge in [-0.05, 0) is 30.9 Å². The summed E-state index contributed by atoms with van der Waals surface area (Å²) in [7, 11) is 2.01. The fourth-order valence-corrected chi connectivity index (χ4v) is 2.67. The Balaban J connectivity index is 2.12. The van der Waals surface area contributed by atoms with E-state index in [2.05, 4.69) is 22.0 Å². The lowest BCUT2D eigenvalue weighted by Gasteiger charge is -2.36. The van der Waals surface area contributed by atoms with Crippen molar-refractivity contribution in [1.29, 1.82) is 0 Å². The third-order valence-electron chi connectivity index (χ3n) is 3.79. The second-order valence-electron chi connectivity index (χ2n) is 5.02. The zero-order valence-corrected chi connectivity index (χ0v) is 10.8. The lowest BCUT2D eigenvalue weighted by Crippen LogP contribution is -2.39. The van der Waals surface area contributed by atoms with Crippen LogP contribution in [-0.4, -0.2) is 34.4 Å². The van der Waals surface area contributed by atoms with E-state index >= 15 is 0 Å². The lowest BCUT2D eigenvalue weighted by molar-refractivity contribution is 0.0689. The van der Waals surface area contributed by atoms with E-state index in [0.717, 1.165) is 5.82 Å². The van der Waals surface area contributed by atoms with Gasteiger partial charge in [0, 0.05) is 13.1 Å². The highest BCUT2D eigenvalue weighted by atomic mass is 16.4. The average Bonchev–Trinajstić information content (AvgIpc) is 2.38. The van der Waals surface area contributed by atoms with Crippen LogP contribution in [0.2, 0.25) is 0 Å². The van der Waals surface area contributed by atoms with E-state index in [-0.39, 0.29) is 5.69 Å². The summed E-state index contributed by atoms with van der Waals surface area (Å²) in [6, 6.07) is 3.72. The van der Waals surface area contributed by atoms with Crippen molar-refractivity contribution in [2.45, 2.75) is 38.6 Å². The Bertz CT molecular complexity index is 419. The molecule has 0 aromatic carbocycles. The van der Waals surface area contributed by atoms with Gasteiger partial charge in [0.2, 0.25) is 0 Å². The summed E-state index contributed by atoms with van der Waals surface area (Å²) in [4.78, 5) is 12.8. The Kier molecular flexibility index (Phi) is 3.79. The maximum atomic E-state index is 10.7. The highest BCUT2D eigenvalue weighted by Gasteiger charge is 2.26. The van der Waals surface area contributed by atoms with Crippen molar-refractivity contribution in [3.05, 3.63) is 17.8 Å². The molecule has 2 rings (SSSR count). The number of aromatic nitrogens is 2. The van der Waals surface area contributed by atoms with Gasteiger partial charge in [0.25, 0.3) is 0 Å². The normalized spacial score (nSPS) is 23.7. The third-order valence-corrected chi connectivity index (χ3v) is 3.79. The molecule has 18 heavy (non-hydrogen) atoms. The van der Waals surface area contributed by atoms with Gasteiger partial charge in [-0.15, -0.1) is 10.2 Å². The van der Waals surface area contributed by atoms with Crippen LogP contribution in [0.4, 0.5) is 5.82 Å². The van der Waals surface area contributed by atoms with Crippen LogP contribution in [0.15, 0.2) is 12.1 Å². The number of hydrogen-bond donors (Lipinski definition) is 1. The number of hydrogen-bond acceptors (Lipinski definition) is 4. The van der Waals surface area contributed by atoms with Crippen LogP contribution in [-0.2, 0) is 0 Å². The van der Waals surface area contributed by atoms with Crippen molar-refractivity contribution in [3.8, 4) is 0 Å². The summed E-state index contributed by atoms with van der Waals surface area (Å²) < 4.78 is 0. The summed E-state index contributed by atoms with van der Waals surface area (Å²) in [5.74, 6) is 0.353. The van der Waals surface area contributed by atoms with E-state index in [9.17, 15) is 4.79 Å². The highest BCUT2D eigenvalue weighted by molar-refractivity contribution is 5.85. The largest absolute Gasteiger partial charge is 0.476 e. The van der Waals surface area contributed by atoms with Crippen LogP contribution in [0.5, 0.6) is 0 Å². The van der Waals surface area contributed by atoms with Crippen molar-refractivity contribution >= 4 is 11.8 Å². The van der Waals surface area contributed by atoms with Gasteiger partial charge in [0.1, 0.15) is 0 Å². The molecule has 0 saturated heterocycles. The predicted octanol–water partition coefficient (Wildman–Crippen LogP) is 2.19. The molecule has 1 heterocycles. The van der Waals surface area contributed by atoms with Gasteiger partial charge in [0.05, 0.1) is 0 Å². The van der Waals surface area contributed by atoms with Gasteiger partial charge in [-0.1, -0.05) is 19.8 Å². The van der Waals surface area contributed by atoms with Gasteiger partial charge < -0.3 is 10.0 Å². The number of carbonyl (C=O) groups is 1. The zero-order chi connectivity index (χ0) is 13.1. The molecule has 1 saturated carbocycles. The van der Waals surface area contributed by atoms with Gasteiger partial charge in [-0.25, -0.2) is 4.79 Å². The summed E-state index contributed by atoms with van der Waals surface area (Å²) in [6.07, 6.45) is 4.96. The minimum absolute atomic E-state index is 0.0103. The summed E-state index contributed by atoms with van der Waals surface area (Å²) in [6.45, 7) is 2.26. The predicted molar refractivity (Wildman–Crippen MR) is 68.8 cm³/mol. The fraction of sp³-hybridized carbons (Fsp3) is 0.615. The van der Waals surface area contributed by atoms with E-state index in [4.69, 9.17) is 5.11 Å². The molecule has 98 valence electrons. The Labute approximate surface area is 107 Å². The number of nitrogens with zero attached hydrogens (tertiary/aromatic N) is 3. The van der Waals surface area contributed by atoms with E-state index in [1.54, 1.807) is 6.07 Å². The maximum absolute atomic E-state index is 10.7. The smallest absolute Gasteiger partial charge is 0.356 e. The fourth-order valence-electron chi connectivity index (χ4n) is 2.67. The van der Waals surface area contributed by atoms with Crippen molar-refractivity contribution < 1.29 is 9.90 Å². The summed E-state index contributed by atoms with van der Waals surface area (Å²) >= 11 is 0. The van der Waals surface area contributed by atoms with Gasteiger partial charge >= 0.3 is 5.97 Å². The molecule has 5 nitrogen and oxygen atoms in total. The van der Waals surface area contributed by atoms with Crippen molar-refractivity contribution in [1.82, 2.24) is 10.2 Å². The van der Waals surface area contributed by atoms with Crippen LogP contribution in [0.25, 0.3) is 0 Å². The number of anilines is 1. The lowest BCUT2D eigenvalue weighted by atomic mass is 9.85. The average molecular weight is 249 g/mol. The molecule has 1 N–H and O–H groups in total. The molecule has 1 aromatic heterocycles. The molecule has 0 radical (unpaired) electrons. The molecule has 5 heteroatoms. The first-order valence-corrected chi connectivity index (χ1v) is 6.39. The molecule has 0 bridgehead atoms. The number of carboxylic acids is 1. The maximum Gasteiger partial charge on any atom is 0.356 e. The van der Waals surface area contributed by atoms with Gasteiger partial charge in [0.15, 0.2) is 11.5 Å². The molecule has 1 aromatic rings. The molecule has 0 spiro atoms. The molecule has 1 fully saturated rings. The van der Waals surface area contributed by atoms with Crippen LogP contribution in [0.3, 0.4) is 0 Å². The molecular formula is C13H19N3O2. The Hall–Kier alpha value is -1.65. The Morgan fingerprint density at radius 3 is 2.61 bits per heavy atom. The number of carboxylic acid groups (broad SMARTS) is 1. The topological polar surface area (TPSA) is 66.3 Å². The van der Waals surface area contributed by atoms with Crippen LogP contribution >= 0.6 is 0 Å². The monoisotopic (exact) mass is 249 g/mol. The van der Waals surface area contributed by atoms with E-state index in [1.165, 1.54) is 31.7 Å². The highest BCUT2D eigenvalue weighted by Crippen LogP contribution is 2.29. The summed E-state index contributed by atoms with van der Waals surface area (Å²) in [5.41, 5.74) is -0.0103. The van der Waals surface area contributed by atoms with Gasteiger partial charge in [-0.3, -0.25) is 0 Å². The Morgan fingerprint density at radius 2 is 2.06 bits per heavy atom. The minimum atomic E-state index is -1.04. The second kappa shape index (κ2) is 5.33. The Morgan fingerprint density at radius 1 is 1.33 bits per heavy atom. The first-order chi connectivity index (χ1) is 8.59. The van der Waals surface area contributed by atoms with E-state index in [0.29, 0.717) is 12.0 Å². The molecule has 1 aliphatic carbocycles. The van der Waals surface area contributed by atoms with Crippen molar-refractivity contribution in [2.75, 3.05) is 11.9 Å². The van der Waals surface area contributed by atoms with E-state index in [1.807, 2.05) is 7.05 Å². The van der Waals surface area contributed by atoms with Crippen molar-refractivity contribution in [2.24, 2.45) is 5.92 Å². The van der Waals surface area contributed by atoms with Crippen LogP contribution in [0.1, 0.15) is 43.1 Å². The third kappa shape index (κ3) is 2.60. The molecule has 0 aliphatic heterocycles. The second-order valence-corrected chi connectivity index (χ2v) is 5.02. The first kappa shape index (κ1) is 12.8. The summed E-state index contributed by atoms with van der Waals surface area (Å²) in [5, 5.41) is 16.5. The number of aromatic carboxylic acids is 1. The SMILES string of the molecule is CC1CCCCC1N(C)c1ccc(C(=O)O)nn1. The standard InChI is InChI=1S/C13H19N3O2/c1-9-5-3-4-6-11(9)16(2)12-8-7-10(13(17)18)14-15-12/h7-9,11H,3-6H2,1-2H3,(H,17,18). The van der Waals surface area contributed by atoms with E-state index < -0.39 is 5.97 Å². The first-order valence-electron chi connectivity index (χ1n) is 6.39. The molecule has 1 aliphatic rings. The minimum Gasteiger partial charge on any atom is -0.476 e. The van der Waals surface area contributed by atoms with Gasteiger partial charge in [-0.2, -0.15) is 0 Å². The zero-order valence-electron chi connectivity index (χ0n) is 10.8. The number of rotatable bonds is 3. The molecule has 2 atom stereocenters. The quantitative estimate of drug-likeness (QED) is 0.889. The van der Waals surface area contributed by atoms with Crippen LogP contribution in [0, 0.1) is 5.92 Å². The molecular weight excluding hydrogens is 230 g/mol. The molecule has 2 unspecified atom stereocenters. The van der Waals surface area contributed by atoms with Crippen LogP contribution < -0.4 is 4.90 Å². The molecule has 0 amide bonds.